The van der Waals surface area contributed by atoms with Crippen LogP contribution in [0, 0.1) is 0 Å². The smallest absolute Gasteiger partial charge is 0.257 e. The summed E-state index contributed by atoms with van der Waals surface area (Å²) in [5.74, 6) is 1.28. The standard InChI is InChI=1S/C13H15NO2/c1-3-15-12-9-10-7-5-6-8-11(10)14-13(12)16-4-2/h5-9H,3-4H2,1-2H3. The van der Waals surface area contributed by atoms with E-state index >= 15 is 0 Å². The maximum atomic E-state index is 5.51. The third kappa shape index (κ3) is 2.08. The number of para-hydroxylation sites is 1. The van der Waals surface area contributed by atoms with Crippen molar-refractivity contribution in [1.82, 2.24) is 4.98 Å². The zero-order valence-electron chi connectivity index (χ0n) is 9.56. The molecule has 1 aromatic heterocycles. The highest BCUT2D eigenvalue weighted by Gasteiger charge is 2.08. The number of nitrogens with zero attached hydrogens (tertiary/aromatic N) is 1. The van der Waals surface area contributed by atoms with Crippen LogP contribution in [0.3, 0.4) is 0 Å². The van der Waals surface area contributed by atoms with Crippen molar-refractivity contribution < 1.29 is 9.47 Å². The number of fused-ring (bicyclic) bond motifs is 1. The van der Waals surface area contributed by atoms with Gasteiger partial charge in [0.25, 0.3) is 5.88 Å². The highest BCUT2D eigenvalue weighted by molar-refractivity contribution is 5.80. The number of rotatable bonds is 4. The van der Waals surface area contributed by atoms with Crippen LogP contribution in [0.25, 0.3) is 10.9 Å². The molecule has 0 saturated carbocycles. The third-order valence-corrected chi connectivity index (χ3v) is 2.24. The molecule has 0 atom stereocenters. The molecule has 3 heteroatoms. The van der Waals surface area contributed by atoms with Crippen molar-refractivity contribution in [3.05, 3.63) is 30.3 Å². The van der Waals surface area contributed by atoms with Gasteiger partial charge >= 0.3 is 0 Å². The SMILES string of the molecule is CCOc1cc2ccccc2nc1OCC. The summed E-state index contributed by atoms with van der Waals surface area (Å²) in [6.07, 6.45) is 0. The van der Waals surface area contributed by atoms with Crippen LogP contribution < -0.4 is 9.47 Å². The summed E-state index contributed by atoms with van der Waals surface area (Å²) >= 11 is 0. The lowest BCUT2D eigenvalue weighted by Crippen LogP contribution is -2.00. The van der Waals surface area contributed by atoms with E-state index in [2.05, 4.69) is 4.98 Å². The van der Waals surface area contributed by atoms with Gasteiger partial charge in [0.2, 0.25) is 0 Å². The van der Waals surface area contributed by atoms with Crippen molar-refractivity contribution in [3.8, 4) is 11.6 Å². The molecule has 1 heterocycles. The number of hydrogen-bond acceptors (Lipinski definition) is 3. The second-order valence-corrected chi connectivity index (χ2v) is 3.35. The Morgan fingerprint density at radius 2 is 1.81 bits per heavy atom. The predicted octanol–water partition coefficient (Wildman–Crippen LogP) is 3.03. The van der Waals surface area contributed by atoms with Gasteiger partial charge in [-0.05, 0) is 26.0 Å². The van der Waals surface area contributed by atoms with Crippen LogP contribution in [0.15, 0.2) is 30.3 Å². The predicted molar refractivity (Wildman–Crippen MR) is 64.1 cm³/mol. The number of benzene rings is 1. The van der Waals surface area contributed by atoms with Gasteiger partial charge in [-0.25, -0.2) is 4.98 Å². The zero-order chi connectivity index (χ0) is 11.4. The second-order valence-electron chi connectivity index (χ2n) is 3.35. The maximum absolute atomic E-state index is 5.51. The quantitative estimate of drug-likeness (QED) is 0.788. The highest BCUT2D eigenvalue weighted by atomic mass is 16.5. The lowest BCUT2D eigenvalue weighted by atomic mass is 10.2. The van der Waals surface area contributed by atoms with E-state index in [9.17, 15) is 0 Å². The Morgan fingerprint density at radius 1 is 1.06 bits per heavy atom. The first-order valence-electron chi connectivity index (χ1n) is 5.50. The molecule has 0 fully saturated rings. The van der Waals surface area contributed by atoms with Crippen molar-refractivity contribution in [2.75, 3.05) is 13.2 Å². The molecule has 0 radical (unpaired) electrons. The average Bonchev–Trinajstić information content (AvgIpc) is 2.30. The van der Waals surface area contributed by atoms with Crippen molar-refractivity contribution >= 4 is 10.9 Å². The number of pyridine rings is 1. The molecule has 0 aliphatic rings. The molecular formula is C13H15NO2. The molecule has 1 aromatic carbocycles. The monoisotopic (exact) mass is 217 g/mol. The van der Waals surface area contributed by atoms with Crippen LogP contribution in [-0.4, -0.2) is 18.2 Å². The van der Waals surface area contributed by atoms with Gasteiger partial charge in [0.05, 0.1) is 18.7 Å². The first kappa shape index (κ1) is 10.7. The van der Waals surface area contributed by atoms with E-state index in [1.54, 1.807) is 0 Å². The molecule has 84 valence electrons. The van der Waals surface area contributed by atoms with Gasteiger partial charge in [-0.3, -0.25) is 0 Å². The van der Waals surface area contributed by atoms with Crippen LogP contribution in [-0.2, 0) is 0 Å². The zero-order valence-corrected chi connectivity index (χ0v) is 9.56. The van der Waals surface area contributed by atoms with E-state index in [1.807, 2.05) is 44.2 Å². The largest absolute Gasteiger partial charge is 0.488 e. The Hall–Kier alpha value is -1.77. The number of hydrogen-bond donors (Lipinski definition) is 0. The lowest BCUT2D eigenvalue weighted by molar-refractivity contribution is 0.279. The number of aromatic nitrogens is 1. The van der Waals surface area contributed by atoms with Gasteiger partial charge < -0.3 is 9.47 Å². The summed E-state index contributed by atoms with van der Waals surface area (Å²) in [5, 5.41) is 1.06. The molecule has 2 rings (SSSR count). The Labute approximate surface area is 95.0 Å². The first-order valence-corrected chi connectivity index (χ1v) is 5.50. The molecule has 16 heavy (non-hydrogen) atoms. The normalized spacial score (nSPS) is 10.4. The van der Waals surface area contributed by atoms with E-state index in [-0.39, 0.29) is 0 Å². The Kier molecular flexibility index (Phi) is 3.25. The summed E-state index contributed by atoms with van der Waals surface area (Å²) < 4.78 is 11.0. The minimum Gasteiger partial charge on any atom is -0.488 e. The van der Waals surface area contributed by atoms with Crippen molar-refractivity contribution in [2.24, 2.45) is 0 Å². The van der Waals surface area contributed by atoms with Gasteiger partial charge in [-0.1, -0.05) is 18.2 Å². The molecule has 3 nitrogen and oxygen atoms in total. The molecule has 0 spiro atoms. The summed E-state index contributed by atoms with van der Waals surface area (Å²) in [7, 11) is 0. The summed E-state index contributed by atoms with van der Waals surface area (Å²) in [5.41, 5.74) is 0.925. The molecule has 0 saturated heterocycles. The molecule has 2 aromatic rings. The fraction of sp³-hybridized carbons (Fsp3) is 0.308. The molecule has 0 aliphatic carbocycles. The van der Waals surface area contributed by atoms with Gasteiger partial charge in [0.15, 0.2) is 5.75 Å². The number of ether oxygens (including phenoxy) is 2. The summed E-state index contributed by atoms with van der Waals surface area (Å²) in [4.78, 5) is 4.44. The average molecular weight is 217 g/mol. The van der Waals surface area contributed by atoms with E-state index in [4.69, 9.17) is 9.47 Å². The maximum Gasteiger partial charge on any atom is 0.257 e. The van der Waals surface area contributed by atoms with Gasteiger partial charge in [0, 0.05) is 5.39 Å². The van der Waals surface area contributed by atoms with Gasteiger partial charge in [0.1, 0.15) is 0 Å². The Balaban J connectivity index is 2.51. The van der Waals surface area contributed by atoms with Crippen LogP contribution in [0.1, 0.15) is 13.8 Å². The second kappa shape index (κ2) is 4.84. The van der Waals surface area contributed by atoms with E-state index in [1.165, 1.54) is 0 Å². The van der Waals surface area contributed by atoms with Crippen LogP contribution >= 0.6 is 0 Å². The van der Waals surface area contributed by atoms with E-state index in [0.29, 0.717) is 24.8 Å². The summed E-state index contributed by atoms with van der Waals surface area (Å²) in [6, 6.07) is 9.90. The Bertz CT molecular complexity index is 438. The van der Waals surface area contributed by atoms with E-state index in [0.717, 1.165) is 10.9 Å². The third-order valence-electron chi connectivity index (χ3n) is 2.24. The minimum atomic E-state index is 0.572. The van der Waals surface area contributed by atoms with Crippen molar-refractivity contribution in [2.45, 2.75) is 13.8 Å². The molecule has 0 amide bonds. The fourth-order valence-electron chi connectivity index (χ4n) is 1.58. The first-order chi connectivity index (χ1) is 7.85. The van der Waals surface area contributed by atoms with Crippen molar-refractivity contribution in [1.29, 1.82) is 0 Å². The van der Waals surface area contributed by atoms with Crippen LogP contribution in [0.4, 0.5) is 0 Å². The molecule has 0 unspecified atom stereocenters. The molecule has 0 N–H and O–H groups in total. The summed E-state index contributed by atoms with van der Waals surface area (Å²) in [6.45, 7) is 5.09. The lowest BCUT2D eigenvalue weighted by Gasteiger charge is -2.10. The minimum absolute atomic E-state index is 0.572. The highest BCUT2D eigenvalue weighted by Crippen LogP contribution is 2.29. The van der Waals surface area contributed by atoms with Gasteiger partial charge in [-0.2, -0.15) is 0 Å². The van der Waals surface area contributed by atoms with Gasteiger partial charge in [-0.15, -0.1) is 0 Å². The molecule has 0 bridgehead atoms. The van der Waals surface area contributed by atoms with Crippen LogP contribution in [0.5, 0.6) is 11.6 Å². The fourth-order valence-corrected chi connectivity index (χ4v) is 1.58. The van der Waals surface area contributed by atoms with Crippen LogP contribution in [0.2, 0.25) is 0 Å². The molecule has 0 aliphatic heterocycles. The van der Waals surface area contributed by atoms with E-state index < -0.39 is 0 Å². The topological polar surface area (TPSA) is 31.4 Å². The van der Waals surface area contributed by atoms with Crippen molar-refractivity contribution in [3.63, 3.8) is 0 Å². The molecular weight excluding hydrogens is 202 g/mol. The Morgan fingerprint density at radius 3 is 2.56 bits per heavy atom.